The third-order valence-corrected chi connectivity index (χ3v) is 8.00. The molecule has 13 nitrogen and oxygen atoms in total. The van der Waals surface area contributed by atoms with Crippen molar-refractivity contribution >= 4 is 35.6 Å². The van der Waals surface area contributed by atoms with Gasteiger partial charge in [0.05, 0.1) is 31.8 Å². The number of aldehydes is 1. The number of nitrogens with one attached hydrogen (secondary N) is 2. The fourth-order valence-corrected chi connectivity index (χ4v) is 5.64. The van der Waals surface area contributed by atoms with Gasteiger partial charge in [-0.15, -0.1) is 4.98 Å². The van der Waals surface area contributed by atoms with E-state index in [-0.39, 0.29) is 42.2 Å². The topological polar surface area (TPSA) is 158 Å². The van der Waals surface area contributed by atoms with Gasteiger partial charge in [0.15, 0.2) is 0 Å². The van der Waals surface area contributed by atoms with E-state index < -0.39 is 29.6 Å². The Hall–Kier alpha value is -3.74. The summed E-state index contributed by atoms with van der Waals surface area (Å²) in [5.74, 6) is -0.263. The minimum Gasteiger partial charge on any atom is -0.472 e. The maximum Gasteiger partial charge on any atom is 0.324 e. The number of rotatable bonds is 11. The van der Waals surface area contributed by atoms with E-state index in [1.807, 2.05) is 20.8 Å². The molecule has 14 heteroatoms. The summed E-state index contributed by atoms with van der Waals surface area (Å²) >= 11 is 5.92. The first-order valence-electron chi connectivity index (χ1n) is 14.5. The zero-order chi connectivity index (χ0) is 31.1. The number of methoxy groups -OCH3 is 2. The minimum atomic E-state index is -0.926. The average molecular weight is 618 g/mol. The first kappa shape index (κ1) is 32.2. The molecule has 2 N–H and O–H groups in total. The number of halogens is 1. The zero-order valence-corrected chi connectivity index (χ0v) is 26.0. The number of ether oxygens (including phenoxy) is 3. The van der Waals surface area contributed by atoms with Gasteiger partial charge in [-0.1, -0.05) is 51.6 Å². The molecule has 0 spiro atoms. The first-order chi connectivity index (χ1) is 20.5. The monoisotopic (exact) mass is 617 g/mol. The maximum absolute atomic E-state index is 14.0. The van der Waals surface area contributed by atoms with Crippen LogP contribution < -0.4 is 24.8 Å². The van der Waals surface area contributed by atoms with Crippen molar-refractivity contribution in [2.75, 3.05) is 26.1 Å². The number of likely N-dealkylation sites (tertiary alicyclic amines) is 1. The molecule has 2 aromatic rings. The number of amides is 2. The highest BCUT2D eigenvalue weighted by Crippen LogP contribution is 2.31. The highest BCUT2D eigenvalue weighted by atomic mass is 35.5. The van der Waals surface area contributed by atoms with E-state index in [0.29, 0.717) is 17.3 Å². The lowest BCUT2D eigenvalue weighted by Gasteiger charge is -2.37. The third-order valence-electron chi connectivity index (χ3n) is 7.78. The van der Waals surface area contributed by atoms with Crippen molar-refractivity contribution in [1.82, 2.24) is 30.2 Å². The molecule has 4 rings (SSSR count). The fraction of sp³-hybridized carbons (Fsp3) is 0.621. The predicted octanol–water partition coefficient (Wildman–Crippen LogP) is 3.08. The van der Waals surface area contributed by atoms with Crippen LogP contribution in [0.3, 0.4) is 0 Å². The molecule has 0 aromatic carbocycles. The third kappa shape index (κ3) is 8.21. The molecule has 2 aliphatic rings. The number of nitrogens with zero attached hydrogens (tertiary/aromatic N) is 5. The number of pyridine rings is 1. The van der Waals surface area contributed by atoms with Gasteiger partial charge in [-0.25, -0.2) is 4.98 Å². The average Bonchev–Trinajstić information content (AvgIpc) is 3.41. The van der Waals surface area contributed by atoms with Gasteiger partial charge in [0.2, 0.25) is 23.6 Å². The van der Waals surface area contributed by atoms with E-state index >= 15 is 0 Å². The summed E-state index contributed by atoms with van der Waals surface area (Å²) in [7, 11) is 2.85. The van der Waals surface area contributed by atoms with Crippen molar-refractivity contribution in [2.24, 2.45) is 11.3 Å². The van der Waals surface area contributed by atoms with Crippen molar-refractivity contribution in [2.45, 2.75) is 83.5 Å². The van der Waals surface area contributed by atoms with Gasteiger partial charge in [-0.3, -0.25) is 9.59 Å². The Kier molecular flexibility index (Phi) is 10.6. The lowest BCUT2D eigenvalue weighted by atomic mass is 9.82. The molecule has 1 aliphatic carbocycles. The molecule has 0 radical (unpaired) electrons. The Morgan fingerprint density at radius 2 is 1.74 bits per heavy atom. The number of hydrogen-bond acceptors (Lipinski definition) is 11. The summed E-state index contributed by atoms with van der Waals surface area (Å²) in [6.45, 7) is 5.79. The number of hydrogen-bond donors (Lipinski definition) is 2. The zero-order valence-electron chi connectivity index (χ0n) is 25.2. The van der Waals surface area contributed by atoms with Gasteiger partial charge in [-0.2, -0.15) is 9.97 Å². The lowest BCUT2D eigenvalue weighted by molar-refractivity contribution is -0.142. The van der Waals surface area contributed by atoms with Crippen molar-refractivity contribution in [3.05, 3.63) is 23.4 Å². The van der Waals surface area contributed by atoms with Crippen LogP contribution in [-0.2, 0) is 14.4 Å². The van der Waals surface area contributed by atoms with Crippen LogP contribution in [0.1, 0.15) is 59.3 Å². The van der Waals surface area contributed by atoms with Crippen LogP contribution in [0.15, 0.2) is 18.3 Å². The van der Waals surface area contributed by atoms with Crippen LogP contribution in [0, 0.1) is 11.3 Å². The van der Waals surface area contributed by atoms with Crippen molar-refractivity contribution < 1.29 is 28.6 Å². The van der Waals surface area contributed by atoms with Gasteiger partial charge in [0.25, 0.3) is 0 Å². The summed E-state index contributed by atoms with van der Waals surface area (Å²) < 4.78 is 16.3. The molecule has 3 heterocycles. The second kappa shape index (κ2) is 14.2. The van der Waals surface area contributed by atoms with Crippen LogP contribution >= 0.6 is 11.6 Å². The van der Waals surface area contributed by atoms with Gasteiger partial charge in [-0.05, 0) is 30.2 Å². The van der Waals surface area contributed by atoms with Crippen LogP contribution in [0.25, 0.3) is 0 Å². The standard InChI is InChI=1S/C29H40ClN7O6/c1-29(2,3)23(25(40)37-15-20(13-19(37)16-38)43-21-12-11-18(30)14-31-21)33-24(39)22(17-9-7-6-8-10-17)32-26-34-27(41-4)36-28(35-26)42-5/h11-12,14,16-17,19-20,22-23H,6-10,13,15H2,1-5H3,(H,33,39)(H,32,34,35,36)/t19-,20+,22-,23+/m0/s1. The van der Waals surface area contributed by atoms with E-state index in [9.17, 15) is 14.4 Å². The Morgan fingerprint density at radius 1 is 1.07 bits per heavy atom. The van der Waals surface area contributed by atoms with E-state index in [2.05, 4.69) is 30.6 Å². The van der Waals surface area contributed by atoms with Crippen LogP contribution in [0.5, 0.6) is 17.9 Å². The molecule has 4 atom stereocenters. The van der Waals surface area contributed by atoms with E-state index in [4.69, 9.17) is 25.8 Å². The van der Waals surface area contributed by atoms with Gasteiger partial charge >= 0.3 is 12.0 Å². The van der Waals surface area contributed by atoms with E-state index in [1.54, 1.807) is 12.1 Å². The number of carbonyl (C=O) groups excluding carboxylic acids is 3. The number of aromatic nitrogens is 4. The molecule has 0 unspecified atom stereocenters. The summed E-state index contributed by atoms with van der Waals surface area (Å²) in [5.41, 5.74) is -0.673. The molecule has 1 saturated carbocycles. The Labute approximate surface area is 256 Å². The van der Waals surface area contributed by atoms with Crippen molar-refractivity contribution in [3.63, 3.8) is 0 Å². The second-order valence-corrected chi connectivity index (χ2v) is 12.4. The Morgan fingerprint density at radius 3 is 2.30 bits per heavy atom. The summed E-state index contributed by atoms with van der Waals surface area (Å²) in [5, 5.41) is 6.66. The molecular weight excluding hydrogens is 578 g/mol. The molecule has 0 bridgehead atoms. The SMILES string of the molecule is COc1nc(N[C@H](C(=O)N[C@H](C(=O)N2C[C@H](Oc3ccc(Cl)cn3)C[C@H]2C=O)C(C)(C)C)C2CCCCC2)nc(OC)n1. The number of anilines is 1. The molecular formula is C29H40ClN7O6. The second-order valence-electron chi connectivity index (χ2n) is 11.9. The highest BCUT2D eigenvalue weighted by molar-refractivity contribution is 6.30. The fourth-order valence-electron chi connectivity index (χ4n) is 5.53. The quantitative estimate of drug-likeness (QED) is 0.357. The molecule has 234 valence electrons. The number of carbonyl (C=O) groups is 3. The lowest BCUT2D eigenvalue weighted by Crippen LogP contribution is -2.59. The van der Waals surface area contributed by atoms with Crippen molar-refractivity contribution in [3.8, 4) is 17.9 Å². The molecule has 1 aliphatic heterocycles. The summed E-state index contributed by atoms with van der Waals surface area (Å²) in [4.78, 5) is 58.3. The predicted molar refractivity (Wildman–Crippen MR) is 158 cm³/mol. The summed E-state index contributed by atoms with van der Waals surface area (Å²) in [6.07, 6.45) is 6.79. The smallest absolute Gasteiger partial charge is 0.324 e. The van der Waals surface area contributed by atoms with Crippen LogP contribution in [0.4, 0.5) is 5.95 Å². The van der Waals surface area contributed by atoms with Crippen LogP contribution in [0.2, 0.25) is 5.02 Å². The van der Waals surface area contributed by atoms with E-state index in [1.165, 1.54) is 25.3 Å². The normalized spacial score (nSPS) is 20.6. The minimum absolute atomic E-state index is 0.0163. The van der Waals surface area contributed by atoms with Gasteiger partial charge in [0, 0.05) is 18.7 Å². The summed E-state index contributed by atoms with van der Waals surface area (Å²) in [6, 6.07) is 1.01. The highest BCUT2D eigenvalue weighted by Gasteiger charge is 2.44. The van der Waals surface area contributed by atoms with Crippen LogP contribution in [-0.4, -0.2) is 87.9 Å². The molecule has 2 aromatic heterocycles. The van der Waals surface area contributed by atoms with E-state index in [0.717, 1.165) is 38.4 Å². The Bertz CT molecular complexity index is 1250. The van der Waals surface area contributed by atoms with Gasteiger partial charge in [0.1, 0.15) is 24.5 Å². The molecule has 1 saturated heterocycles. The maximum atomic E-state index is 14.0. The molecule has 43 heavy (non-hydrogen) atoms. The van der Waals surface area contributed by atoms with Gasteiger partial charge < -0.3 is 34.5 Å². The Balaban J connectivity index is 1.55. The molecule has 2 amide bonds. The first-order valence-corrected chi connectivity index (χ1v) is 14.8. The molecule has 2 fully saturated rings. The largest absolute Gasteiger partial charge is 0.472 e. The van der Waals surface area contributed by atoms with Crippen molar-refractivity contribution in [1.29, 1.82) is 0 Å².